The molecule has 4 nitrogen and oxygen atoms in total. The van der Waals surface area contributed by atoms with E-state index in [4.69, 9.17) is 5.73 Å². The number of anilines is 1. The van der Waals surface area contributed by atoms with E-state index in [1.54, 1.807) is 0 Å². The predicted octanol–water partition coefficient (Wildman–Crippen LogP) is 1.97. The molecular formula is C12H17FN2O2S. The number of halogens is 1. The van der Waals surface area contributed by atoms with E-state index in [9.17, 15) is 12.8 Å². The number of hydrogen-bond acceptors (Lipinski definition) is 3. The van der Waals surface area contributed by atoms with Gasteiger partial charge in [0, 0.05) is 12.6 Å². The van der Waals surface area contributed by atoms with Gasteiger partial charge in [-0.05, 0) is 37.5 Å². The van der Waals surface area contributed by atoms with E-state index in [-0.39, 0.29) is 16.6 Å². The van der Waals surface area contributed by atoms with Crippen molar-refractivity contribution in [3.05, 3.63) is 24.0 Å². The molecule has 1 aromatic carbocycles. The Morgan fingerprint density at radius 2 is 2.22 bits per heavy atom. The Morgan fingerprint density at radius 1 is 1.50 bits per heavy atom. The summed E-state index contributed by atoms with van der Waals surface area (Å²) in [5.41, 5.74) is 5.29. The second-order valence-corrected chi connectivity index (χ2v) is 6.39. The second-order valence-electron chi connectivity index (χ2n) is 4.50. The molecule has 0 spiro atoms. The van der Waals surface area contributed by atoms with Crippen LogP contribution in [0.3, 0.4) is 0 Å². The zero-order valence-corrected chi connectivity index (χ0v) is 11.1. The fraction of sp³-hybridized carbons (Fsp3) is 0.500. The Morgan fingerprint density at radius 3 is 2.83 bits per heavy atom. The first kappa shape index (κ1) is 13.3. The van der Waals surface area contributed by atoms with Crippen LogP contribution in [-0.2, 0) is 10.0 Å². The van der Waals surface area contributed by atoms with Crippen molar-refractivity contribution < 1.29 is 12.8 Å². The van der Waals surface area contributed by atoms with Crippen molar-refractivity contribution in [3.63, 3.8) is 0 Å². The van der Waals surface area contributed by atoms with E-state index in [1.807, 2.05) is 6.92 Å². The molecule has 0 bridgehead atoms. The summed E-state index contributed by atoms with van der Waals surface area (Å²) in [4.78, 5) is 0.0711. The molecule has 1 unspecified atom stereocenters. The highest BCUT2D eigenvalue weighted by molar-refractivity contribution is 7.89. The van der Waals surface area contributed by atoms with Crippen molar-refractivity contribution in [3.8, 4) is 0 Å². The second kappa shape index (κ2) is 4.85. The van der Waals surface area contributed by atoms with Gasteiger partial charge in [0.2, 0.25) is 10.0 Å². The molecule has 2 N–H and O–H groups in total. The first-order valence-corrected chi connectivity index (χ1v) is 7.47. The third-order valence-electron chi connectivity index (χ3n) is 3.37. The van der Waals surface area contributed by atoms with Crippen molar-refractivity contribution in [1.82, 2.24) is 4.31 Å². The third-order valence-corrected chi connectivity index (χ3v) is 5.32. The van der Waals surface area contributed by atoms with Crippen LogP contribution < -0.4 is 5.73 Å². The van der Waals surface area contributed by atoms with E-state index in [2.05, 4.69) is 0 Å². The molecule has 1 saturated heterocycles. The van der Waals surface area contributed by atoms with Crippen LogP contribution in [0.1, 0.15) is 26.2 Å². The lowest BCUT2D eigenvalue weighted by Gasteiger charge is -2.23. The molecule has 0 amide bonds. The highest BCUT2D eigenvalue weighted by Crippen LogP contribution is 2.28. The Hall–Kier alpha value is -1.14. The highest BCUT2D eigenvalue weighted by atomic mass is 32.2. The van der Waals surface area contributed by atoms with Crippen LogP contribution in [0.2, 0.25) is 0 Å². The van der Waals surface area contributed by atoms with Crippen molar-refractivity contribution >= 4 is 15.7 Å². The van der Waals surface area contributed by atoms with E-state index in [1.165, 1.54) is 16.4 Å². The lowest BCUT2D eigenvalue weighted by molar-refractivity contribution is 0.379. The first-order valence-electron chi connectivity index (χ1n) is 6.03. The quantitative estimate of drug-likeness (QED) is 0.856. The number of nitrogen functional groups attached to an aromatic ring is 1. The Kier molecular flexibility index (Phi) is 3.59. The van der Waals surface area contributed by atoms with Gasteiger partial charge in [-0.25, -0.2) is 12.8 Å². The Bertz CT molecular complexity index is 545. The SMILES string of the molecule is CCC1CCCN1S(=O)(=O)c1ccc(F)c(N)c1. The maximum Gasteiger partial charge on any atom is 0.243 e. The predicted molar refractivity (Wildman–Crippen MR) is 68.0 cm³/mol. The first-order chi connectivity index (χ1) is 8.46. The maximum atomic E-state index is 13.1. The number of benzene rings is 1. The van der Waals surface area contributed by atoms with Gasteiger partial charge >= 0.3 is 0 Å². The monoisotopic (exact) mass is 272 g/mol. The standard InChI is InChI=1S/C12H17FN2O2S/c1-2-9-4-3-7-15(9)18(16,17)10-5-6-11(13)12(14)8-10/h5-6,8-9H,2-4,7,14H2,1H3. The fourth-order valence-electron chi connectivity index (χ4n) is 2.35. The average molecular weight is 272 g/mol. The molecule has 0 radical (unpaired) electrons. The molecule has 1 aromatic rings. The molecule has 0 aliphatic carbocycles. The summed E-state index contributed by atoms with van der Waals surface area (Å²) in [5, 5.41) is 0. The van der Waals surface area contributed by atoms with Gasteiger partial charge in [-0.2, -0.15) is 4.31 Å². The molecule has 2 rings (SSSR count). The van der Waals surface area contributed by atoms with Crippen LogP contribution in [0.15, 0.2) is 23.1 Å². The van der Waals surface area contributed by atoms with Crippen molar-refractivity contribution in [2.24, 2.45) is 0 Å². The van der Waals surface area contributed by atoms with Gasteiger partial charge < -0.3 is 5.73 Å². The largest absolute Gasteiger partial charge is 0.396 e. The third kappa shape index (κ3) is 2.22. The molecule has 1 heterocycles. The summed E-state index contributed by atoms with van der Waals surface area (Å²) in [6, 6.07) is 3.60. The van der Waals surface area contributed by atoms with E-state index < -0.39 is 15.8 Å². The van der Waals surface area contributed by atoms with Crippen LogP contribution in [0, 0.1) is 5.82 Å². The number of nitrogens with zero attached hydrogens (tertiary/aromatic N) is 1. The van der Waals surface area contributed by atoms with Gasteiger partial charge in [-0.3, -0.25) is 0 Å². The number of sulfonamides is 1. The van der Waals surface area contributed by atoms with Gasteiger partial charge in [0.1, 0.15) is 5.82 Å². The summed E-state index contributed by atoms with van der Waals surface area (Å²) >= 11 is 0. The van der Waals surface area contributed by atoms with Crippen LogP contribution in [-0.4, -0.2) is 25.3 Å². The Balaban J connectivity index is 2.38. The molecule has 0 aromatic heterocycles. The average Bonchev–Trinajstić information content (AvgIpc) is 2.81. The molecule has 1 fully saturated rings. The summed E-state index contributed by atoms with van der Waals surface area (Å²) < 4.78 is 39.4. The lowest BCUT2D eigenvalue weighted by Crippen LogP contribution is -2.35. The normalized spacial score (nSPS) is 21.3. The van der Waals surface area contributed by atoms with Gasteiger partial charge in [-0.1, -0.05) is 6.92 Å². The minimum Gasteiger partial charge on any atom is -0.396 e. The molecular weight excluding hydrogens is 255 g/mol. The van der Waals surface area contributed by atoms with Gasteiger partial charge in [0.25, 0.3) is 0 Å². The lowest BCUT2D eigenvalue weighted by atomic mass is 10.2. The van der Waals surface area contributed by atoms with Gasteiger partial charge in [-0.15, -0.1) is 0 Å². The summed E-state index contributed by atoms with van der Waals surface area (Å²) in [5.74, 6) is -0.595. The van der Waals surface area contributed by atoms with Crippen molar-refractivity contribution in [1.29, 1.82) is 0 Å². The maximum absolute atomic E-state index is 13.1. The molecule has 1 aliphatic heterocycles. The van der Waals surface area contributed by atoms with E-state index >= 15 is 0 Å². The molecule has 1 atom stereocenters. The van der Waals surface area contributed by atoms with Crippen LogP contribution in [0.5, 0.6) is 0 Å². The molecule has 1 aliphatic rings. The number of rotatable bonds is 3. The summed E-state index contributed by atoms with van der Waals surface area (Å²) in [7, 11) is -3.55. The van der Waals surface area contributed by atoms with Crippen LogP contribution in [0.4, 0.5) is 10.1 Å². The van der Waals surface area contributed by atoms with Gasteiger partial charge in [0.15, 0.2) is 0 Å². The molecule has 0 saturated carbocycles. The van der Waals surface area contributed by atoms with Crippen molar-refractivity contribution in [2.45, 2.75) is 37.1 Å². The minimum absolute atomic E-state index is 0.0428. The van der Waals surface area contributed by atoms with E-state index in [0.717, 1.165) is 25.3 Å². The molecule has 18 heavy (non-hydrogen) atoms. The zero-order chi connectivity index (χ0) is 13.3. The summed E-state index contributed by atoms with van der Waals surface area (Å²) in [6.45, 7) is 2.50. The smallest absolute Gasteiger partial charge is 0.243 e. The van der Waals surface area contributed by atoms with Crippen LogP contribution in [0.25, 0.3) is 0 Å². The molecule has 6 heteroatoms. The topological polar surface area (TPSA) is 63.4 Å². The van der Waals surface area contributed by atoms with Crippen LogP contribution >= 0.6 is 0 Å². The van der Waals surface area contributed by atoms with Crippen molar-refractivity contribution in [2.75, 3.05) is 12.3 Å². The molecule has 100 valence electrons. The summed E-state index contributed by atoms with van der Waals surface area (Å²) in [6.07, 6.45) is 2.54. The Labute approximate surface area is 107 Å². The highest BCUT2D eigenvalue weighted by Gasteiger charge is 2.34. The van der Waals surface area contributed by atoms with E-state index in [0.29, 0.717) is 6.54 Å². The number of nitrogens with two attached hydrogens (primary N) is 1. The minimum atomic E-state index is -3.55. The zero-order valence-electron chi connectivity index (χ0n) is 10.3. The van der Waals surface area contributed by atoms with Gasteiger partial charge in [0.05, 0.1) is 10.6 Å². The fourth-order valence-corrected chi connectivity index (χ4v) is 4.15. The number of hydrogen-bond donors (Lipinski definition) is 1.